The second-order valence-corrected chi connectivity index (χ2v) is 4.79. The SMILES string of the molecule is CCOC(CNCCc1cccc2cccnc12)OCC. The average Bonchev–Trinajstić information content (AvgIpc) is 2.52. The molecule has 21 heavy (non-hydrogen) atoms. The summed E-state index contributed by atoms with van der Waals surface area (Å²) in [7, 11) is 0. The van der Waals surface area contributed by atoms with E-state index in [1.54, 1.807) is 0 Å². The van der Waals surface area contributed by atoms with Gasteiger partial charge in [0.25, 0.3) is 0 Å². The molecule has 2 rings (SSSR count). The fraction of sp³-hybridized carbons (Fsp3) is 0.471. The first-order valence-corrected chi connectivity index (χ1v) is 7.61. The number of hydrogen-bond acceptors (Lipinski definition) is 4. The lowest BCUT2D eigenvalue weighted by atomic mass is 10.1. The summed E-state index contributed by atoms with van der Waals surface area (Å²) in [5.41, 5.74) is 2.36. The summed E-state index contributed by atoms with van der Waals surface area (Å²) >= 11 is 0. The Kier molecular flexibility index (Phi) is 6.60. The molecule has 1 N–H and O–H groups in total. The van der Waals surface area contributed by atoms with Crippen LogP contribution < -0.4 is 5.32 Å². The smallest absolute Gasteiger partial charge is 0.169 e. The van der Waals surface area contributed by atoms with Gasteiger partial charge in [-0.3, -0.25) is 4.98 Å². The minimum Gasteiger partial charge on any atom is -0.352 e. The maximum atomic E-state index is 5.51. The third-order valence-corrected chi connectivity index (χ3v) is 3.30. The number of nitrogens with zero attached hydrogens (tertiary/aromatic N) is 1. The highest BCUT2D eigenvalue weighted by atomic mass is 16.7. The Hall–Kier alpha value is -1.49. The van der Waals surface area contributed by atoms with E-state index >= 15 is 0 Å². The van der Waals surface area contributed by atoms with Gasteiger partial charge in [0, 0.05) is 31.3 Å². The third kappa shape index (κ3) is 4.77. The zero-order chi connectivity index (χ0) is 14.9. The van der Waals surface area contributed by atoms with Crippen molar-refractivity contribution in [1.29, 1.82) is 0 Å². The molecular formula is C17H24N2O2. The van der Waals surface area contributed by atoms with Crippen molar-refractivity contribution in [3.8, 4) is 0 Å². The lowest BCUT2D eigenvalue weighted by molar-refractivity contribution is -0.132. The van der Waals surface area contributed by atoms with Crippen LogP contribution in [0.4, 0.5) is 0 Å². The van der Waals surface area contributed by atoms with Crippen LogP contribution in [0.3, 0.4) is 0 Å². The maximum Gasteiger partial charge on any atom is 0.169 e. The second kappa shape index (κ2) is 8.72. The number of para-hydroxylation sites is 1. The van der Waals surface area contributed by atoms with Crippen LogP contribution in [0, 0.1) is 0 Å². The van der Waals surface area contributed by atoms with E-state index in [1.807, 2.05) is 26.1 Å². The van der Waals surface area contributed by atoms with Crippen LogP contribution in [0.1, 0.15) is 19.4 Å². The lowest BCUT2D eigenvalue weighted by Crippen LogP contribution is -2.32. The highest BCUT2D eigenvalue weighted by Gasteiger charge is 2.07. The van der Waals surface area contributed by atoms with E-state index in [9.17, 15) is 0 Å². The molecule has 4 nitrogen and oxygen atoms in total. The fourth-order valence-electron chi connectivity index (χ4n) is 2.35. The summed E-state index contributed by atoms with van der Waals surface area (Å²) in [6.07, 6.45) is 2.63. The van der Waals surface area contributed by atoms with Gasteiger partial charge in [0.15, 0.2) is 6.29 Å². The topological polar surface area (TPSA) is 43.4 Å². The molecule has 0 unspecified atom stereocenters. The first-order chi connectivity index (χ1) is 10.3. The van der Waals surface area contributed by atoms with Crippen LogP contribution >= 0.6 is 0 Å². The highest BCUT2D eigenvalue weighted by Crippen LogP contribution is 2.15. The molecule has 1 aromatic heterocycles. The van der Waals surface area contributed by atoms with E-state index < -0.39 is 0 Å². The minimum absolute atomic E-state index is 0.161. The van der Waals surface area contributed by atoms with E-state index in [-0.39, 0.29) is 6.29 Å². The predicted octanol–water partition coefficient (Wildman–Crippen LogP) is 2.77. The van der Waals surface area contributed by atoms with Gasteiger partial charge in [0.2, 0.25) is 0 Å². The van der Waals surface area contributed by atoms with Crippen LogP contribution in [-0.2, 0) is 15.9 Å². The number of ether oxygens (including phenoxy) is 2. The lowest BCUT2D eigenvalue weighted by Gasteiger charge is -2.17. The molecular weight excluding hydrogens is 264 g/mol. The number of rotatable bonds is 9. The van der Waals surface area contributed by atoms with Crippen molar-refractivity contribution < 1.29 is 9.47 Å². The molecule has 0 aliphatic carbocycles. The van der Waals surface area contributed by atoms with Crippen molar-refractivity contribution in [3.05, 3.63) is 42.1 Å². The summed E-state index contributed by atoms with van der Waals surface area (Å²) in [5, 5.41) is 4.58. The molecule has 0 saturated heterocycles. The minimum atomic E-state index is -0.161. The first kappa shape index (κ1) is 15.9. The van der Waals surface area contributed by atoms with Crippen LogP contribution in [0.15, 0.2) is 36.5 Å². The number of pyridine rings is 1. The molecule has 0 aliphatic rings. The summed E-state index contributed by atoms with van der Waals surface area (Å²) in [6, 6.07) is 10.4. The Bertz CT molecular complexity index is 534. The van der Waals surface area contributed by atoms with Crippen LogP contribution in [0.2, 0.25) is 0 Å². The van der Waals surface area contributed by atoms with Crippen LogP contribution in [0.5, 0.6) is 0 Å². The number of benzene rings is 1. The molecule has 0 radical (unpaired) electrons. The van der Waals surface area contributed by atoms with E-state index in [2.05, 4.69) is 34.6 Å². The van der Waals surface area contributed by atoms with Crippen molar-refractivity contribution in [2.45, 2.75) is 26.6 Å². The van der Waals surface area contributed by atoms with Gasteiger partial charge in [0.1, 0.15) is 0 Å². The number of nitrogens with one attached hydrogen (secondary N) is 1. The van der Waals surface area contributed by atoms with Crippen molar-refractivity contribution in [2.75, 3.05) is 26.3 Å². The molecule has 0 saturated carbocycles. The third-order valence-electron chi connectivity index (χ3n) is 3.30. The molecule has 0 amide bonds. The Balaban J connectivity index is 1.85. The van der Waals surface area contributed by atoms with E-state index in [0.29, 0.717) is 19.8 Å². The van der Waals surface area contributed by atoms with Crippen molar-refractivity contribution in [1.82, 2.24) is 10.3 Å². The Morgan fingerprint density at radius 1 is 1.10 bits per heavy atom. The summed E-state index contributed by atoms with van der Waals surface area (Å²) in [4.78, 5) is 4.48. The van der Waals surface area contributed by atoms with E-state index in [1.165, 1.54) is 10.9 Å². The Morgan fingerprint density at radius 3 is 2.62 bits per heavy atom. The van der Waals surface area contributed by atoms with Gasteiger partial charge in [-0.05, 0) is 38.4 Å². The zero-order valence-electron chi connectivity index (χ0n) is 12.8. The summed E-state index contributed by atoms with van der Waals surface area (Å²) in [6.45, 7) is 6.88. The molecule has 4 heteroatoms. The molecule has 114 valence electrons. The van der Waals surface area contributed by atoms with Gasteiger partial charge < -0.3 is 14.8 Å². The molecule has 2 aromatic rings. The average molecular weight is 288 g/mol. The molecule has 1 heterocycles. The van der Waals surface area contributed by atoms with Gasteiger partial charge in [-0.15, -0.1) is 0 Å². The maximum absolute atomic E-state index is 5.51. The number of hydrogen-bond donors (Lipinski definition) is 1. The van der Waals surface area contributed by atoms with Gasteiger partial charge in [0.05, 0.1) is 5.52 Å². The van der Waals surface area contributed by atoms with Gasteiger partial charge >= 0.3 is 0 Å². The molecule has 0 aliphatic heterocycles. The summed E-state index contributed by atoms with van der Waals surface area (Å²) < 4.78 is 11.0. The molecule has 0 atom stereocenters. The Labute approximate surface area is 126 Å². The molecule has 0 fully saturated rings. The first-order valence-electron chi connectivity index (χ1n) is 7.61. The molecule has 0 bridgehead atoms. The standard InChI is InChI=1S/C17H24N2O2/c1-3-20-16(21-4-2)13-18-12-10-15-8-5-7-14-9-6-11-19-17(14)15/h5-9,11,16,18H,3-4,10,12-13H2,1-2H3. The van der Waals surface area contributed by atoms with E-state index in [4.69, 9.17) is 9.47 Å². The summed E-state index contributed by atoms with van der Waals surface area (Å²) in [5.74, 6) is 0. The van der Waals surface area contributed by atoms with Gasteiger partial charge in [-0.2, -0.15) is 0 Å². The monoisotopic (exact) mass is 288 g/mol. The quantitative estimate of drug-likeness (QED) is 0.569. The second-order valence-electron chi connectivity index (χ2n) is 4.79. The largest absolute Gasteiger partial charge is 0.352 e. The van der Waals surface area contributed by atoms with Crippen LogP contribution in [0.25, 0.3) is 10.9 Å². The number of aromatic nitrogens is 1. The van der Waals surface area contributed by atoms with Crippen molar-refractivity contribution in [3.63, 3.8) is 0 Å². The fourth-order valence-corrected chi connectivity index (χ4v) is 2.35. The normalized spacial score (nSPS) is 11.4. The van der Waals surface area contributed by atoms with Gasteiger partial charge in [-0.25, -0.2) is 0 Å². The van der Waals surface area contributed by atoms with E-state index in [0.717, 1.165) is 18.5 Å². The zero-order valence-corrected chi connectivity index (χ0v) is 12.8. The van der Waals surface area contributed by atoms with Gasteiger partial charge in [-0.1, -0.05) is 24.3 Å². The molecule has 1 aromatic carbocycles. The Morgan fingerprint density at radius 2 is 1.86 bits per heavy atom. The van der Waals surface area contributed by atoms with Crippen molar-refractivity contribution in [2.24, 2.45) is 0 Å². The highest BCUT2D eigenvalue weighted by molar-refractivity contribution is 5.81. The predicted molar refractivity (Wildman–Crippen MR) is 85.4 cm³/mol. The molecule has 0 spiro atoms. The van der Waals surface area contributed by atoms with Crippen LogP contribution in [-0.4, -0.2) is 37.6 Å². The van der Waals surface area contributed by atoms with Crippen molar-refractivity contribution >= 4 is 10.9 Å². The number of fused-ring (bicyclic) bond motifs is 1.